The van der Waals surface area contributed by atoms with E-state index in [0.717, 1.165) is 25.1 Å². The molecule has 0 atom stereocenters. The zero-order valence-electron chi connectivity index (χ0n) is 14.5. The molecule has 2 N–H and O–H groups in total. The summed E-state index contributed by atoms with van der Waals surface area (Å²) in [6, 6.07) is 11.3. The number of halogens is 2. The highest BCUT2D eigenvalue weighted by Gasteiger charge is 2.13. The third-order valence-electron chi connectivity index (χ3n) is 4.57. The second-order valence-corrected chi connectivity index (χ2v) is 7.35. The molecule has 7 heteroatoms. The molecular weight excluding hydrogens is 383 g/mol. The lowest BCUT2D eigenvalue weighted by Gasteiger charge is -2.17. The fourth-order valence-corrected chi connectivity index (χ4v) is 3.48. The van der Waals surface area contributed by atoms with Crippen molar-refractivity contribution < 1.29 is 4.79 Å². The number of fused-ring (bicyclic) bond motifs is 1. The Balaban J connectivity index is 1.44. The average molecular weight is 401 g/mol. The summed E-state index contributed by atoms with van der Waals surface area (Å²) in [7, 11) is 0. The van der Waals surface area contributed by atoms with E-state index in [9.17, 15) is 4.79 Å². The number of carbonyl (C=O) groups excluding carboxylic acids is 1. The van der Waals surface area contributed by atoms with Crippen molar-refractivity contribution in [3.63, 3.8) is 0 Å². The van der Waals surface area contributed by atoms with E-state index >= 15 is 0 Å². The lowest BCUT2D eigenvalue weighted by atomic mass is 9.98. The molecule has 1 amide bonds. The molecule has 2 aromatic carbocycles. The first-order chi connectivity index (χ1) is 13.1. The van der Waals surface area contributed by atoms with E-state index in [1.54, 1.807) is 23.1 Å². The summed E-state index contributed by atoms with van der Waals surface area (Å²) in [4.78, 5) is 12.6. The highest BCUT2D eigenvalue weighted by atomic mass is 35.5. The van der Waals surface area contributed by atoms with Gasteiger partial charge in [-0.2, -0.15) is 5.10 Å². The Kier molecular flexibility index (Phi) is 5.16. The Morgan fingerprint density at radius 2 is 2.04 bits per heavy atom. The van der Waals surface area contributed by atoms with Crippen molar-refractivity contribution in [3.8, 4) is 0 Å². The van der Waals surface area contributed by atoms with Crippen LogP contribution in [-0.2, 0) is 19.5 Å². The summed E-state index contributed by atoms with van der Waals surface area (Å²) in [5, 5.41) is 11.6. The maximum absolute atomic E-state index is 12.6. The average Bonchev–Trinajstić information content (AvgIpc) is 3.11. The topological polar surface area (TPSA) is 59.0 Å². The predicted molar refractivity (Wildman–Crippen MR) is 108 cm³/mol. The molecule has 1 aliphatic heterocycles. The van der Waals surface area contributed by atoms with Crippen LogP contribution >= 0.6 is 23.2 Å². The van der Waals surface area contributed by atoms with Crippen molar-refractivity contribution in [1.82, 2.24) is 15.1 Å². The van der Waals surface area contributed by atoms with Gasteiger partial charge in [0, 0.05) is 18.3 Å². The highest BCUT2D eigenvalue weighted by molar-refractivity contribution is 6.42. The maximum atomic E-state index is 12.6. The molecule has 0 saturated carbocycles. The molecule has 0 unspecified atom stereocenters. The van der Waals surface area contributed by atoms with Crippen LogP contribution in [0.4, 0.5) is 5.69 Å². The third kappa shape index (κ3) is 4.16. The maximum Gasteiger partial charge on any atom is 0.255 e. The number of rotatable bonds is 4. The summed E-state index contributed by atoms with van der Waals surface area (Å²) >= 11 is 12.0. The van der Waals surface area contributed by atoms with Crippen molar-refractivity contribution >= 4 is 34.8 Å². The summed E-state index contributed by atoms with van der Waals surface area (Å²) in [5.74, 6) is -0.134. The van der Waals surface area contributed by atoms with Crippen LogP contribution in [0.3, 0.4) is 0 Å². The number of benzene rings is 2. The molecule has 1 aromatic heterocycles. The van der Waals surface area contributed by atoms with Crippen LogP contribution in [0.15, 0.2) is 48.8 Å². The van der Waals surface area contributed by atoms with Crippen molar-refractivity contribution in [3.05, 3.63) is 81.1 Å². The molecule has 3 aromatic rings. The fourth-order valence-electron chi connectivity index (χ4n) is 3.16. The standard InChI is InChI=1S/C20H18Cl2N4O/c21-18-4-1-13(7-19(18)22)11-26-12-17(10-24-26)25-20(27)15-2-3-16-9-23-6-5-14(16)8-15/h1-4,7-8,10,12,23H,5-6,9,11H2,(H,25,27). The van der Waals surface area contributed by atoms with Gasteiger partial charge in [0.05, 0.1) is 28.5 Å². The molecule has 0 spiro atoms. The van der Waals surface area contributed by atoms with Gasteiger partial charge in [-0.05, 0) is 53.9 Å². The normalized spacial score (nSPS) is 13.3. The third-order valence-corrected chi connectivity index (χ3v) is 5.31. The van der Waals surface area contributed by atoms with Gasteiger partial charge in [-0.3, -0.25) is 9.48 Å². The summed E-state index contributed by atoms with van der Waals surface area (Å²) in [5.41, 5.74) is 4.78. The van der Waals surface area contributed by atoms with Gasteiger partial charge in [0.1, 0.15) is 0 Å². The molecule has 0 aliphatic carbocycles. The Morgan fingerprint density at radius 3 is 2.89 bits per heavy atom. The number of nitrogens with zero attached hydrogens (tertiary/aromatic N) is 2. The molecule has 4 rings (SSSR count). The molecule has 2 heterocycles. The summed E-state index contributed by atoms with van der Waals surface area (Å²) in [6.07, 6.45) is 4.37. The van der Waals surface area contributed by atoms with Gasteiger partial charge in [0.2, 0.25) is 0 Å². The fraction of sp³-hybridized carbons (Fsp3) is 0.200. The summed E-state index contributed by atoms with van der Waals surface area (Å²) < 4.78 is 1.74. The zero-order valence-corrected chi connectivity index (χ0v) is 16.0. The first kappa shape index (κ1) is 18.0. The highest BCUT2D eigenvalue weighted by Crippen LogP contribution is 2.23. The predicted octanol–water partition coefficient (Wildman–Crippen LogP) is 4.14. The molecule has 27 heavy (non-hydrogen) atoms. The monoisotopic (exact) mass is 400 g/mol. The van der Waals surface area contributed by atoms with Gasteiger partial charge in [0.15, 0.2) is 0 Å². The van der Waals surface area contributed by atoms with Crippen LogP contribution in [-0.4, -0.2) is 22.2 Å². The van der Waals surface area contributed by atoms with Crippen molar-refractivity contribution in [2.24, 2.45) is 0 Å². The van der Waals surface area contributed by atoms with E-state index in [2.05, 4.69) is 15.7 Å². The smallest absolute Gasteiger partial charge is 0.255 e. The van der Waals surface area contributed by atoms with Crippen LogP contribution in [0.2, 0.25) is 10.0 Å². The van der Waals surface area contributed by atoms with E-state index in [0.29, 0.717) is 27.8 Å². The summed E-state index contributed by atoms with van der Waals surface area (Å²) in [6.45, 7) is 2.34. The van der Waals surface area contributed by atoms with Crippen LogP contribution in [0.25, 0.3) is 0 Å². The number of carbonyl (C=O) groups is 1. The molecule has 0 saturated heterocycles. The van der Waals surface area contributed by atoms with Gasteiger partial charge in [-0.1, -0.05) is 35.3 Å². The Bertz CT molecular complexity index is 999. The second-order valence-electron chi connectivity index (χ2n) is 6.54. The lowest BCUT2D eigenvalue weighted by Crippen LogP contribution is -2.24. The minimum absolute atomic E-state index is 0.134. The van der Waals surface area contributed by atoms with E-state index < -0.39 is 0 Å². The first-order valence-corrected chi connectivity index (χ1v) is 9.44. The van der Waals surface area contributed by atoms with Crippen molar-refractivity contribution in [1.29, 1.82) is 0 Å². The van der Waals surface area contributed by atoms with E-state index in [1.807, 2.05) is 30.3 Å². The van der Waals surface area contributed by atoms with Crippen LogP contribution < -0.4 is 10.6 Å². The van der Waals surface area contributed by atoms with Crippen molar-refractivity contribution in [2.75, 3.05) is 11.9 Å². The number of nitrogens with one attached hydrogen (secondary N) is 2. The largest absolute Gasteiger partial charge is 0.319 e. The van der Waals surface area contributed by atoms with Crippen LogP contribution in [0.5, 0.6) is 0 Å². The van der Waals surface area contributed by atoms with E-state index in [4.69, 9.17) is 23.2 Å². The quantitative estimate of drug-likeness (QED) is 0.691. The lowest BCUT2D eigenvalue weighted by molar-refractivity contribution is 0.102. The zero-order chi connectivity index (χ0) is 18.8. The molecule has 1 aliphatic rings. The van der Waals surface area contributed by atoms with Crippen molar-refractivity contribution in [2.45, 2.75) is 19.5 Å². The molecule has 138 valence electrons. The molecular formula is C20H18Cl2N4O. The van der Waals surface area contributed by atoms with E-state index in [-0.39, 0.29) is 5.91 Å². The van der Waals surface area contributed by atoms with E-state index in [1.165, 1.54) is 11.1 Å². The Hall–Kier alpha value is -2.34. The number of hydrogen-bond donors (Lipinski definition) is 2. The number of anilines is 1. The molecule has 5 nitrogen and oxygen atoms in total. The Labute approximate surface area is 167 Å². The number of hydrogen-bond acceptors (Lipinski definition) is 3. The van der Waals surface area contributed by atoms with Gasteiger partial charge >= 0.3 is 0 Å². The molecule has 0 bridgehead atoms. The van der Waals surface area contributed by atoms with Crippen LogP contribution in [0, 0.1) is 0 Å². The minimum atomic E-state index is -0.134. The van der Waals surface area contributed by atoms with Gasteiger partial charge in [-0.15, -0.1) is 0 Å². The Morgan fingerprint density at radius 1 is 1.15 bits per heavy atom. The number of aromatic nitrogens is 2. The van der Waals surface area contributed by atoms with Crippen LogP contribution in [0.1, 0.15) is 27.0 Å². The SMILES string of the molecule is O=C(Nc1cnn(Cc2ccc(Cl)c(Cl)c2)c1)c1ccc2c(c1)CCNC2. The first-order valence-electron chi connectivity index (χ1n) is 8.69. The minimum Gasteiger partial charge on any atom is -0.319 e. The van der Waals surface area contributed by atoms with Gasteiger partial charge in [0.25, 0.3) is 5.91 Å². The van der Waals surface area contributed by atoms with Gasteiger partial charge in [-0.25, -0.2) is 0 Å². The molecule has 0 fully saturated rings. The second kappa shape index (κ2) is 7.72. The number of amides is 1. The van der Waals surface area contributed by atoms with Gasteiger partial charge < -0.3 is 10.6 Å². The molecule has 0 radical (unpaired) electrons.